The van der Waals surface area contributed by atoms with Crippen molar-refractivity contribution in [3.8, 4) is 0 Å². The van der Waals surface area contributed by atoms with Gasteiger partial charge in [-0.15, -0.1) is 0 Å². The molecule has 0 aliphatic heterocycles. The standard InChI is InChI=1S/C9H19N2O4P/c1-2-15-7-11-8-16(14)5-3-4-10-6-9(12)13/h10-11H,2-8H2,1H3/p+1. The zero-order valence-corrected chi connectivity index (χ0v) is 10.5. The van der Waals surface area contributed by atoms with Crippen LogP contribution in [-0.2, 0) is 14.1 Å². The maximum absolute atomic E-state index is 11.4. The van der Waals surface area contributed by atoms with E-state index in [1.54, 1.807) is 0 Å². The number of hydrogen-bond donors (Lipinski definition) is 3. The predicted octanol–water partition coefficient (Wildman–Crippen LogP) is 0.419. The van der Waals surface area contributed by atoms with E-state index in [9.17, 15) is 9.36 Å². The van der Waals surface area contributed by atoms with Crippen LogP contribution in [-0.4, -0.2) is 50.0 Å². The summed E-state index contributed by atoms with van der Waals surface area (Å²) in [7, 11) is -1.26. The lowest BCUT2D eigenvalue weighted by atomic mass is 10.5. The van der Waals surface area contributed by atoms with E-state index < -0.39 is 13.8 Å². The summed E-state index contributed by atoms with van der Waals surface area (Å²) in [4.78, 5) is 10.2. The predicted molar refractivity (Wildman–Crippen MR) is 62.1 cm³/mol. The number of carbonyl (C=O) groups is 1. The number of nitrogens with one attached hydrogen (secondary N) is 2. The minimum atomic E-state index is -1.26. The maximum atomic E-state index is 11.4. The van der Waals surface area contributed by atoms with Gasteiger partial charge in [-0.2, -0.15) is 0 Å². The summed E-state index contributed by atoms with van der Waals surface area (Å²) in [5.41, 5.74) is 0. The van der Waals surface area contributed by atoms with Crippen LogP contribution in [0.15, 0.2) is 0 Å². The van der Waals surface area contributed by atoms with Crippen LogP contribution in [0.5, 0.6) is 0 Å². The maximum Gasteiger partial charge on any atom is 0.354 e. The molecule has 0 aromatic rings. The van der Waals surface area contributed by atoms with E-state index in [1.165, 1.54) is 0 Å². The number of carboxylic acids is 1. The minimum absolute atomic E-state index is 0.0423. The van der Waals surface area contributed by atoms with Crippen LogP contribution in [0.4, 0.5) is 0 Å². The summed E-state index contributed by atoms with van der Waals surface area (Å²) in [6.45, 7) is 3.51. The van der Waals surface area contributed by atoms with Gasteiger partial charge in [0.05, 0.1) is 13.3 Å². The van der Waals surface area contributed by atoms with Gasteiger partial charge in [-0.3, -0.25) is 10.1 Å². The third-order valence-electron chi connectivity index (χ3n) is 1.73. The summed E-state index contributed by atoms with van der Waals surface area (Å²) in [5, 5.41) is 14.0. The SMILES string of the molecule is CCOCNC[P+](=O)CCCNCC(=O)O. The van der Waals surface area contributed by atoms with E-state index in [0.717, 1.165) is 6.42 Å². The first-order valence-corrected chi connectivity index (χ1v) is 6.93. The lowest BCUT2D eigenvalue weighted by Crippen LogP contribution is -2.24. The van der Waals surface area contributed by atoms with Crippen LogP contribution in [0.1, 0.15) is 13.3 Å². The summed E-state index contributed by atoms with van der Waals surface area (Å²) in [6, 6.07) is 0. The molecule has 0 saturated carbocycles. The Morgan fingerprint density at radius 2 is 2.19 bits per heavy atom. The van der Waals surface area contributed by atoms with Gasteiger partial charge in [0.1, 0.15) is 6.16 Å². The highest BCUT2D eigenvalue weighted by Crippen LogP contribution is 2.18. The molecule has 0 amide bonds. The highest BCUT2D eigenvalue weighted by Gasteiger charge is 2.12. The van der Waals surface area contributed by atoms with E-state index >= 15 is 0 Å². The van der Waals surface area contributed by atoms with Gasteiger partial charge in [0.25, 0.3) is 0 Å². The fourth-order valence-electron chi connectivity index (χ4n) is 0.999. The number of ether oxygens (including phenoxy) is 1. The van der Waals surface area contributed by atoms with E-state index in [0.29, 0.717) is 32.3 Å². The van der Waals surface area contributed by atoms with Gasteiger partial charge in [0, 0.05) is 13.0 Å². The molecule has 1 unspecified atom stereocenters. The van der Waals surface area contributed by atoms with Crippen molar-refractivity contribution in [3.63, 3.8) is 0 Å². The molecule has 0 aromatic heterocycles. The Morgan fingerprint density at radius 1 is 1.44 bits per heavy atom. The fraction of sp³-hybridized carbons (Fsp3) is 0.889. The molecule has 0 heterocycles. The smallest absolute Gasteiger partial charge is 0.354 e. The van der Waals surface area contributed by atoms with E-state index in [2.05, 4.69) is 10.6 Å². The van der Waals surface area contributed by atoms with Crippen molar-refractivity contribution in [1.29, 1.82) is 0 Å². The Balaban J connectivity index is 3.20. The molecule has 3 N–H and O–H groups in total. The van der Waals surface area contributed by atoms with Gasteiger partial charge in [0.15, 0.2) is 6.29 Å². The van der Waals surface area contributed by atoms with Crippen molar-refractivity contribution in [2.75, 3.05) is 38.9 Å². The molecule has 0 aliphatic rings. The molecule has 0 radical (unpaired) electrons. The normalized spacial score (nSPS) is 11.4. The largest absolute Gasteiger partial charge is 0.480 e. The third kappa shape index (κ3) is 11.5. The monoisotopic (exact) mass is 251 g/mol. The van der Waals surface area contributed by atoms with Crippen LogP contribution >= 0.6 is 7.80 Å². The molecule has 0 aliphatic carbocycles. The van der Waals surface area contributed by atoms with Crippen molar-refractivity contribution in [2.45, 2.75) is 13.3 Å². The molecule has 1 atom stereocenters. The van der Waals surface area contributed by atoms with Crippen LogP contribution in [0, 0.1) is 0 Å². The molecule has 0 spiro atoms. The number of carboxylic acid groups (broad SMARTS) is 1. The third-order valence-corrected chi connectivity index (χ3v) is 3.13. The second kappa shape index (κ2) is 11.0. The summed E-state index contributed by atoms with van der Waals surface area (Å²) >= 11 is 0. The molecule has 7 heteroatoms. The van der Waals surface area contributed by atoms with Crippen molar-refractivity contribution in [1.82, 2.24) is 10.6 Å². The van der Waals surface area contributed by atoms with Gasteiger partial charge in [-0.1, -0.05) is 4.57 Å². The second-order valence-corrected chi connectivity index (χ2v) is 4.90. The quantitative estimate of drug-likeness (QED) is 0.280. The van der Waals surface area contributed by atoms with Gasteiger partial charge in [0.2, 0.25) is 0 Å². The van der Waals surface area contributed by atoms with Crippen LogP contribution < -0.4 is 10.6 Å². The Kier molecular flexibility index (Phi) is 10.6. The van der Waals surface area contributed by atoms with Crippen molar-refractivity contribution < 1.29 is 19.2 Å². The Bertz CT molecular complexity index is 214. The molecule has 0 bridgehead atoms. The highest BCUT2D eigenvalue weighted by molar-refractivity contribution is 7.44. The van der Waals surface area contributed by atoms with Crippen LogP contribution in [0.2, 0.25) is 0 Å². The minimum Gasteiger partial charge on any atom is -0.480 e. The first-order chi connectivity index (χ1) is 7.66. The molecule has 94 valence electrons. The average Bonchev–Trinajstić information content (AvgIpc) is 2.23. The van der Waals surface area contributed by atoms with Gasteiger partial charge in [-0.05, 0) is 13.5 Å². The lowest BCUT2D eigenvalue weighted by Gasteiger charge is -1.99. The molecular formula is C9H20N2O4P+. The number of aliphatic carboxylic acids is 1. The van der Waals surface area contributed by atoms with Gasteiger partial charge < -0.3 is 15.2 Å². The molecule has 6 nitrogen and oxygen atoms in total. The topological polar surface area (TPSA) is 87.7 Å². The Morgan fingerprint density at radius 3 is 2.81 bits per heavy atom. The molecule has 0 fully saturated rings. The first-order valence-electron chi connectivity index (χ1n) is 5.29. The zero-order valence-electron chi connectivity index (χ0n) is 9.57. The van der Waals surface area contributed by atoms with Crippen LogP contribution in [0.3, 0.4) is 0 Å². The molecule has 0 rings (SSSR count). The van der Waals surface area contributed by atoms with Gasteiger partial charge >= 0.3 is 13.8 Å². The average molecular weight is 251 g/mol. The van der Waals surface area contributed by atoms with E-state index in [1.807, 2.05) is 6.92 Å². The van der Waals surface area contributed by atoms with E-state index in [-0.39, 0.29) is 6.54 Å². The zero-order chi connectivity index (χ0) is 12.2. The molecule has 0 aromatic carbocycles. The Labute approximate surface area is 96.5 Å². The molecule has 0 saturated heterocycles. The second-order valence-electron chi connectivity index (χ2n) is 3.17. The lowest BCUT2D eigenvalue weighted by molar-refractivity contribution is -0.135. The Hall–Kier alpha value is -0.550. The van der Waals surface area contributed by atoms with Crippen molar-refractivity contribution in [2.24, 2.45) is 0 Å². The fourth-order valence-corrected chi connectivity index (χ4v) is 2.01. The van der Waals surface area contributed by atoms with Gasteiger partial charge in [-0.25, -0.2) is 0 Å². The van der Waals surface area contributed by atoms with Crippen molar-refractivity contribution in [3.05, 3.63) is 0 Å². The summed E-state index contributed by atoms with van der Waals surface area (Å²) < 4.78 is 16.4. The van der Waals surface area contributed by atoms with E-state index in [4.69, 9.17) is 9.84 Å². The number of hydrogen-bond acceptors (Lipinski definition) is 5. The van der Waals surface area contributed by atoms with Crippen LogP contribution in [0.25, 0.3) is 0 Å². The highest BCUT2D eigenvalue weighted by atomic mass is 31.1. The molecule has 16 heavy (non-hydrogen) atoms. The summed E-state index contributed by atoms with van der Waals surface area (Å²) in [5.74, 6) is -0.872. The number of rotatable bonds is 11. The molecular weight excluding hydrogens is 231 g/mol. The summed E-state index contributed by atoms with van der Waals surface area (Å²) in [6.07, 6.45) is 1.77. The first kappa shape index (κ1) is 15.4. The van der Waals surface area contributed by atoms with Crippen molar-refractivity contribution >= 4 is 13.8 Å².